The van der Waals surface area contributed by atoms with E-state index < -0.39 is 5.60 Å². The van der Waals surface area contributed by atoms with E-state index in [1.807, 2.05) is 4.68 Å². The van der Waals surface area contributed by atoms with Gasteiger partial charge in [0, 0.05) is 19.0 Å². The summed E-state index contributed by atoms with van der Waals surface area (Å²) >= 11 is 3.64. The molecule has 0 bridgehead atoms. The summed E-state index contributed by atoms with van der Waals surface area (Å²) in [4.78, 5) is 0. The Labute approximate surface area is 123 Å². The molecule has 1 fully saturated rings. The average molecular weight is 330 g/mol. The second-order valence-corrected chi connectivity index (χ2v) is 6.43. The Morgan fingerprint density at radius 1 is 1.53 bits per heavy atom. The zero-order chi connectivity index (χ0) is 14.0. The summed E-state index contributed by atoms with van der Waals surface area (Å²) in [6.45, 7) is 5.01. The van der Waals surface area contributed by atoms with Gasteiger partial charge >= 0.3 is 0 Å². The molecular weight excluding hydrogens is 306 g/mol. The summed E-state index contributed by atoms with van der Waals surface area (Å²) in [5.74, 6) is 0. The number of rotatable bonds is 4. The molecule has 2 rings (SSSR count). The van der Waals surface area contributed by atoms with Gasteiger partial charge in [-0.15, -0.1) is 0 Å². The van der Waals surface area contributed by atoms with Crippen molar-refractivity contribution in [2.75, 3.05) is 0 Å². The molecule has 2 unspecified atom stereocenters. The van der Waals surface area contributed by atoms with Gasteiger partial charge in [0.25, 0.3) is 0 Å². The second kappa shape index (κ2) is 5.94. The summed E-state index contributed by atoms with van der Waals surface area (Å²) in [7, 11) is 0. The highest BCUT2D eigenvalue weighted by Crippen LogP contribution is 2.33. The van der Waals surface area contributed by atoms with Crippen LogP contribution in [0.3, 0.4) is 0 Å². The highest BCUT2D eigenvalue weighted by atomic mass is 79.9. The molecule has 1 aliphatic carbocycles. The number of hydrogen-bond acceptors (Lipinski definition) is 3. The van der Waals surface area contributed by atoms with Crippen molar-refractivity contribution in [1.29, 1.82) is 0 Å². The molecular formula is C14H24BrN3O. The van der Waals surface area contributed by atoms with Crippen molar-refractivity contribution in [3.8, 4) is 0 Å². The van der Waals surface area contributed by atoms with E-state index in [1.54, 1.807) is 0 Å². The molecule has 0 radical (unpaired) electrons. The second-order valence-electron chi connectivity index (χ2n) is 5.63. The molecule has 2 atom stereocenters. The molecule has 0 spiro atoms. The summed E-state index contributed by atoms with van der Waals surface area (Å²) in [5.41, 5.74) is 7.52. The maximum atomic E-state index is 10.8. The van der Waals surface area contributed by atoms with Crippen LogP contribution < -0.4 is 5.73 Å². The summed E-state index contributed by atoms with van der Waals surface area (Å²) < 4.78 is 3.06. The van der Waals surface area contributed by atoms with Crippen molar-refractivity contribution in [2.24, 2.45) is 5.73 Å². The van der Waals surface area contributed by atoms with Crippen LogP contribution in [0.25, 0.3) is 0 Å². The Morgan fingerprint density at radius 2 is 2.26 bits per heavy atom. The van der Waals surface area contributed by atoms with Gasteiger partial charge in [0.2, 0.25) is 0 Å². The largest absolute Gasteiger partial charge is 0.389 e. The number of aliphatic hydroxyl groups is 1. The Morgan fingerprint density at radius 3 is 2.84 bits per heavy atom. The summed E-state index contributed by atoms with van der Waals surface area (Å²) in [5, 5.41) is 15.4. The fraction of sp³-hybridized carbons (Fsp3) is 0.786. The van der Waals surface area contributed by atoms with Crippen molar-refractivity contribution >= 4 is 15.9 Å². The van der Waals surface area contributed by atoms with Crippen molar-refractivity contribution < 1.29 is 5.11 Å². The fourth-order valence-electron chi connectivity index (χ4n) is 3.04. The van der Waals surface area contributed by atoms with Crippen LogP contribution >= 0.6 is 15.9 Å². The van der Waals surface area contributed by atoms with Crippen LogP contribution in [-0.4, -0.2) is 26.5 Å². The Balaban J connectivity index is 2.24. The molecule has 108 valence electrons. The minimum atomic E-state index is -0.669. The first kappa shape index (κ1) is 15.0. The first-order valence-corrected chi connectivity index (χ1v) is 8.00. The van der Waals surface area contributed by atoms with Gasteiger partial charge in [-0.05, 0) is 55.0 Å². The molecule has 5 heteroatoms. The number of halogens is 1. The SMILES string of the molecule is CCc1nn(CC)c(CC2(O)CCCC(N)C2)c1Br. The Hall–Kier alpha value is -0.390. The first-order valence-electron chi connectivity index (χ1n) is 7.21. The third-order valence-corrected chi connectivity index (χ3v) is 4.97. The molecule has 0 aromatic carbocycles. The van der Waals surface area contributed by atoms with Crippen molar-refractivity contribution in [3.63, 3.8) is 0 Å². The van der Waals surface area contributed by atoms with Gasteiger partial charge in [-0.1, -0.05) is 6.92 Å². The lowest BCUT2D eigenvalue weighted by molar-refractivity contribution is -0.00368. The number of aromatic nitrogens is 2. The lowest BCUT2D eigenvalue weighted by atomic mass is 9.79. The fourth-order valence-corrected chi connectivity index (χ4v) is 3.75. The number of aryl methyl sites for hydroxylation is 2. The zero-order valence-electron chi connectivity index (χ0n) is 11.8. The number of hydrogen-bond donors (Lipinski definition) is 2. The van der Waals surface area contributed by atoms with Gasteiger partial charge in [0.15, 0.2) is 0 Å². The molecule has 1 aliphatic rings. The van der Waals surface area contributed by atoms with E-state index in [1.165, 1.54) is 0 Å². The topological polar surface area (TPSA) is 64.1 Å². The highest BCUT2D eigenvalue weighted by Gasteiger charge is 2.35. The maximum absolute atomic E-state index is 10.8. The standard InChI is InChI=1S/C14H24BrN3O/c1-3-11-13(15)12(18(4-2)17-11)9-14(19)7-5-6-10(16)8-14/h10,19H,3-9,16H2,1-2H3. The van der Waals surface area contributed by atoms with Crippen molar-refractivity contribution in [1.82, 2.24) is 9.78 Å². The zero-order valence-corrected chi connectivity index (χ0v) is 13.4. The monoisotopic (exact) mass is 329 g/mol. The average Bonchev–Trinajstić information content (AvgIpc) is 2.65. The van der Waals surface area contributed by atoms with Crippen LogP contribution in [0.4, 0.5) is 0 Å². The quantitative estimate of drug-likeness (QED) is 0.891. The van der Waals surface area contributed by atoms with E-state index >= 15 is 0 Å². The minimum absolute atomic E-state index is 0.126. The Kier molecular flexibility index (Phi) is 4.69. The molecule has 4 nitrogen and oxygen atoms in total. The summed E-state index contributed by atoms with van der Waals surface area (Å²) in [6.07, 6.45) is 5.10. The molecule has 1 aromatic rings. The van der Waals surface area contributed by atoms with Gasteiger partial charge in [-0.25, -0.2) is 0 Å². The molecule has 0 saturated heterocycles. The van der Waals surface area contributed by atoms with E-state index in [2.05, 4.69) is 34.9 Å². The third kappa shape index (κ3) is 3.20. The van der Waals surface area contributed by atoms with Gasteiger partial charge in [-0.2, -0.15) is 5.10 Å². The van der Waals surface area contributed by atoms with E-state index in [0.29, 0.717) is 12.8 Å². The van der Waals surface area contributed by atoms with Crippen LogP contribution in [0.5, 0.6) is 0 Å². The molecule has 1 heterocycles. The van der Waals surface area contributed by atoms with Crippen LogP contribution in [0.15, 0.2) is 4.47 Å². The van der Waals surface area contributed by atoms with Crippen LogP contribution in [-0.2, 0) is 19.4 Å². The molecule has 1 aromatic heterocycles. The maximum Gasteiger partial charge on any atom is 0.0766 e. The molecule has 3 N–H and O–H groups in total. The minimum Gasteiger partial charge on any atom is -0.389 e. The van der Waals surface area contributed by atoms with Crippen LogP contribution in [0, 0.1) is 0 Å². The smallest absolute Gasteiger partial charge is 0.0766 e. The lowest BCUT2D eigenvalue weighted by Crippen LogP contribution is -2.43. The van der Waals surface area contributed by atoms with Gasteiger partial charge < -0.3 is 10.8 Å². The van der Waals surface area contributed by atoms with E-state index in [4.69, 9.17) is 5.73 Å². The number of nitrogens with two attached hydrogens (primary N) is 1. The molecule has 19 heavy (non-hydrogen) atoms. The highest BCUT2D eigenvalue weighted by molar-refractivity contribution is 9.10. The number of nitrogens with zero attached hydrogens (tertiary/aromatic N) is 2. The van der Waals surface area contributed by atoms with E-state index in [9.17, 15) is 5.11 Å². The normalized spacial score (nSPS) is 27.7. The van der Waals surface area contributed by atoms with E-state index in [-0.39, 0.29) is 6.04 Å². The molecule has 0 amide bonds. The van der Waals surface area contributed by atoms with Gasteiger partial charge in [0.1, 0.15) is 0 Å². The predicted octanol–water partition coefficient (Wildman–Crippen LogP) is 2.40. The Bertz CT molecular complexity index is 446. The van der Waals surface area contributed by atoms with Gasteiger partial charge in [0.05, 0.1) is 21.5 Å². The summed E-state index contributed by atoms with van der Waals surface area (Å²) in [6, 6.07) is 0.126. The van der Waals surface area contributed by atoms with E-state index in [0.717, 1.165) is 48.1 Å². The molecule has 0 aliphatic heterocycles. The first-order chi connectivity index (χ1) is 8.99. The van der Waals surface area contributed by atoms with Crippen molar-refractivity contribution in [2.45, 2.75) is 70.6 Å². The van der Waals surface area contributed by atoms with Gasteiger partial charge in [-0.3, -0.25) is 4.68 Å². The molecule has 1 saturated carbocycles. The van der Waals surface area contributed by atoms with Crippen LogP contribution in [0.2, 0.25) is 0 Å². The van der Waals surface area contributed by atoms with Crippen LogP contribution in [0.1, 0.15) is 50.9 Å². The predicted molar refractivity (Wildman–Crippen MR) is 80.1 cm³/mol. The lowest BCUT2D eigenvalue weighted by Gasteiger charge is -2.35. The van der Waals surface area contributed by atoms with Crippen molar-refractivity contribution in [3.05, 3.63) is 15.9 Å². The third-order valence-electron chi connectivity index (χ3n) is 4.05.